The van der Waals surface area contributed by atoms with E-state index in [0.29, 0.717) is 0 Å². The second-order valence-electron chi connectivity index (χ2n) is 4.63. The molecule has 1 aromatic heterocycles. The number of likely N-dealkylation sites (N-methyl/N-ethyl adjacent to an activating group) is 1. The van der Waals surface area contributed by atoms with E-state index >= 15 is 0 Å². The van der Waals surface area contributed by atoms with Gasteiger partial charge in [0.15, 0.2) is 0 Å². The molecule has 2 rings (SSSR count). The highest BCUT2D eigenvalue weighted by molar-refractivity contribution is 6.31. The highest BCUT2D eigenvalue weighted by atomic mass is 35.5. The molecule has 1 N–H and O–H groups in total. The van der Waals surface area contributed by atoms with E-state index in [1.54, 1.807) is 6.20 Å². The third-order valence-corrected chi connectivity index (χ3v) is 3.71. The van der Waals surface area contributed by atoms with Crippen LogP contribution in [0.25, 0.3) is 0 Å². The van der Waals surface area contributed by atoms with Crippen molar-refractivity contribution in [1.29, 1.82) is 0 Å². The normalized spacial score (nSPS) is 12.4. The maximum atomic E-state index is 6.22. The number of rotatable bonds is 5. The van der Waals surface area contributed by atoms with Crippen LogP contribution in [0.2, 0.25) is 5.02 Å². The predicted molar refractivity (Wildman–Crippen MR) is 80.5 cm³/mol. The Morgan fingerprint density at radius 2 is 2.11 bits per heavy atom. The Labute approximate surface area is 119 Å². The lowest BCUT2D eigenvalue weighted by molar-refractivity contribution is 0.547. The quantitative estimate of drug-likeness (QED) is 0.893. The van der Waals surface area contributed by atoms with Crippen molar-refractivity contribution in [1.82, 2.24) is 10.3 Å². The van der Waals surface area contributed by atoms with Crippen LogP contribution >= 0.6 is 11.6 Å². The van der Waals surface area contributed by atoms with Crippen molar-refractivity contribution in [2.75, 3.05) is 6.54 Å². The zero-order valence-corrected chi connectivity index (χ0v) is 12.1. The van der Waals surface area contributed by atoms with Gasteiger partial charge in [-0.15, -0.1) is 0 Å². The van der Waals surface area contributed by atoms with E-state index in [1.165, 1.54) is 11.1 Å². The largest absolute Gasteiger partial charge is 0.310 e. The van der Waals surface area contributed by atoms with E-state index in [9.17, 15) is 0 Å². The number of pyridine rings is 1. The van der Waals surface area contributed by atoms with Gasteiger partial charge < -0.3 is 5.32 Å². The first-order valence-electron chi connectivity index (χ1n) is 6.59. The first-order valence-corrected chi connectivity index (χ1v) is 6.97. The van der Waals surface area contributed by atoms with E-state index in [2.05, 4.69) is 36.3 Å². The number of halogens is 1. The third-order valence-electron chi connectivity index (χ3n) is 3.30. The van der Waals surface area contributed by atoms with Gasteiger partial charge in [-0.3, -0.25) is 4.98 Å². The van der Waals surface area contributed by atoms with Crippen molar-refractivity contribution in [3.8, 4) is 0 Å². The van der Waals surface area contributed by atoms with E-state index in [0.717, 1.165) is 23.6 Å². The highest BCUT2D eigenvalue weighted by Crippen LogP contribution is 2.26. The fraction of sp³-hybridized carbons (Fsp3) is 0.312. The van der Waals surface area contributed by atoms with Gasteiger partial charge in [0.1, 0.15) is 0 Å². The van der Waals surface area contributed by atoms with Gasteiger partial charge >= 0.3 is 0 Å². The third kappa shape index (κ3) is 3.55. The Hall–Kier alpha value is -1.38. The van der Waals surface area contributed by atoms with Crippen LogP contribution in [0.1, 0.15) is 29.7 Å². The van der Waals surface area contributed by atoms with Crippen molar-refractivity contribution in [2.45, 2.75) is 26.3 Å². The van der Waals surface area contributed by atoms with Gasteiger partial charge in [-0.1, -0.05) is 36.7 Å². The second kappa shape index (κ2) is 6.69. The molecule has 2 nitrogen and oxygen atoms in total. The summed E-state index contributed by atoms with van der Waals surface area (Å²) in [7, 11) is 0. The van der Waals surface area contributed by atoms with Gasteiger partial charge in [0, 0.05) is 23.5 Å². The van der Waals surface area contributed by atoms with Crippen LogP contribution in [-0.2, 0) is 6.42 Å². The van der Waals surface area contributed by atoms with Gasteiger partial charge in [-0.2, -0.15) is 0 Å². The Balaban J connectivity index is 2.27. The summed E-state index contributed by atoms with van der Waals surface area (Å²) in [6.07, 6.45) is 4.64. The lowest BCUT2D eigenvalue weighted by Crippen LogP contribution is -2.23. The van der Waals surface area contributed by atoms with Gasteiger partial charge in [-0.05, 0) is 48.7 Å². The Morgan fingerprint density at radius 1 is 1.26 bits per heavy atom. The Kier molecular flexibility index (Phi) is 4.94. The van der Waals surface area contributed by atoms with Crippen molar-refractivity contribution in [3.05, 3.63) is 64.4 Å². The van der Waals surface area contributed by atoms with E-state index in [1.807, 2.05) is 24.4 Å². The Bertz CT molecular complexity index is 526. The standard InChI is InChI=1S/C16H19ClN2/c1-3-19-16(10-13-6-5-9-18-11-13)14-7-4-8-15(17)12(14)2/h4-9,11,16,19H,3,10H2,1-2H3. The molecule has 0 saturated carbocycles. The molecule has 0 saturated heterocycles. The topological polar surface area (TPSA) is 24.9 Å². The number of hydrogen-bond acceptors (Lipinski definition) is 2. The summed E-state index contributed by atoms with van der Waals surface area (Å²) >= 11 is 6.22. The molecule has 0 bridgehead atoms. The maximum absolute atomic E-state index is 6.22. The van der Waals surface area contributed by atoms with Crippen LogP contribution in [0.5, 0.6) is 0 Å². The van der Waals surface area contributed by atoms with Crippen LogP contribution in [0.15, 0.2) is 42.7 Å². The summed E-state index contributed by atoms with van der Waals surface area (Å²) in [5, 5.41) is 4.35. The lowest BCUT2D eigenvalue weighted by atomic mass is 9.96. The van der Waals surface area contributed by atoms with Crippen LogP contribution in [-0.4, -0.2) is 11.5 Å². The number of nitrogens with one attached hydrogen (secondary N) is 1. The monoisotopic (exact) mass is 274 g/mol. The van der Waals surface area contributed by atoms with Crippen molar-refractivity contribution < 1.29 is 0 Å². The SMILES string of the molecule is CCNC(Cc1cccnc1)c1cccc(Cl)c1C. The van der Waals surface area contributed by atoms with Crippen molar-refractivity contribution in [2.24, 2.45) is 0 Å². The molecule has 0 aliphatic rings. The van der Waals surface area contributed by atoms with Crippen LogP contribution in [0, 0.1) is 6.92 Å². The molecule has 19 heavy (non-hydrogen) atoms. The summed E-state index contributed by atoms with van der Waals surface area (Å²) in [5.74, 6) is 0. The number of nitrogens with zero attached hydrogens (tertiary/aromatic N) is 1. The summed E-state index contributed by atoms with van der Waals surface area (Å²) in [6, 6.07) is 10.4. The summed E-state index contributed by atoms with van der Waals surface area (Å²) in [4.78, 5) is 4.18. The minimum absolute atomic E-state index is 0.271. The molecule has 100 valence electrons. The molecule has 1 aromatic carbocycles. The van der Waals surface area contributed by atoms with Crippen molar-refractivity contribution in [3.63, 3.8) is 0 Å². The van der Waals surface area contributed by atoms with Crippen molar-refractivity contribution >= 4 is 11.6 Å². The molecular formula is C16H19ClN2. The Morgan fingerprint density at radius 3 is 2.79 bits per heavy atom. The van der Waals surface area contributed by atoms with E-state index < -0.39 is 0 Å². The average Bonchev–Trinajstić information content (AvgIpc) is 2.43. The molecule has 1 heterocycles. The molecule has 0 aliphatic carbocycles. The zero-order valence-electron chi connectivity index (χ0n) is 11.4. The number of hydrogen-bond donors (Lipinski definition) is 1. The van der Waals surface area contributed by atoms with Crippen LogP contribution in [0.3, 0.4) is 0 Å². The maximum Gasteiger partial charge on any atom is 0.0438 e. The first-order chi connectivity index (χ1) is 9.22. The molecule has 0 radical (unpaired) electrons. The molecule has 1 unspecified atom stereocenters. The summed E-state index contributed by atoms with van der Waals surface area (Å²) in [5.41, 5.74) is 3.64. The van der Waals surface area contributed by atoms with Gasteiger partial charge in [0.2, 0.25) is 0 Å². The van der Waals surface area contributed by atoms with Gasteiger partial charge in [-0.25, -0.2) is 0 Å². The minimum Gasteiger partial charge on any atom is -0.310 e. The molecule has 0 fully saturated rings. The predicted octanol–water partition coefficient (Wildman–Crippen LogP) is 3.94. The number of benzene rings is 1. The number of aromatic nitrogens is 1. The molecule has 3 heteroatoms. The molecular weight excluding hydrogens is 256 g/mol. The zero-order chi connectivity index (χ0) is 13.7. The lowest BCUT2D eigenvalue weighted by Gasteiger charge is -2.21. The highest BCUT2D eigenvalue weighted by Gasteiger charge is 2.14. The molecule has 0 amide bonds. The second-order valence-corrected chi connectivity index (χ2v) is 5.04. The first kappa shape index (κ1) is 14.0. The van der Waals surface area contributed by atoms with Crippen LogP contribution in [0.4, 0.5) is 0 Å². The van der Waals surface area contributed by atoms with Gasteiger partial charge in [0.05, 0.1) is 0 Å². The smallest absolute Gasteiger partial charge is 0.0438 e. The van der Waals surface area contributed by atoms with E-state index in [-0.39, 0.29) is 6.04 Å². The summed E-state index contributed by atoms with van der Waals surface area (Å²) in [6.45, 7) is 5.12. The molecule has 0 spiro atoms. The molecule has 2 aromatic rings. The van der Waals surface area contributed by atoms with E-state index in [4.69, 9.17) is 11.6 Å². The van der Waals surface area contributed by atoms with Crippen LogP contribution < -0.4 is 5.32 Å². The van der Waals surface area contributed by atoms with Gasteiger partial charge in [0.25, 0.3) is 0 Å². The minimum atomic E-state index is 0.271. The fourth-order valence-corrected chi connectivity index (χ4v) is 2.48. The molecule has 1 atom stereocenters. The molecule has 0 aliphatic heterocycles. The fourth-order valence-electron chi connectivity index (χ4n) is 2.29. The average molecular weight is 275 g/mol. The summed E-state index contributed by atoms with van der Waals surface area (Å²) < 4.78 is 0.